The Morgan fingerprint density at radius 1 is 1.32 bits per heavy atom. The molecule has 3 aromatic rings. The average Bonchev–Trinajstić information content (AvgIpc) is 3.12. The summed E-state index contributed by atoms with van der Waals surface area (Å²) in [7, 11) is 0. The quantitative estimate of drug-likeness (QED) is 0.597. The van der Waals surface area contributed by atoms with Gasteiger partial charge in [0.25, 0.3) is 0 Å². The van der Waals surface area contributed by atoms with E-state index in [0.717, 1.165) is 17.1 Å². The zero-order valence-electron chi connectivity index (χ0n) is 15.2. The zero-order chi connectivity index (χ0) is 19.7. The Morgan fingerprint density at radius 2 is 2.18 bits per heavy atom. The Labute approximate surface area is 166 Å². The van der Waals surface area contributed by atoms with E-state index in [1.165, 1.54) is 12.4 Å². The van der Waals surface area contributed by atoms with Crippen LogP contribution in [-0.4, -0.2) is 55.8 Å². The number of hydrogen-bond acceptors (Lipinski definition) is 7. The first kappa shape index (κ1) is 18.3. The minimum Gasteiger partial charge on any atom is -0.404 e. The van der Waals surface area contributed by atoms with Gasteiger partial charge >= 0.3 is 0 Å². The Balaban J connectivity index is 1.68. The molecule has 0 radical (unpaired) electrons. The van der Waals surface area contributed by atoms with E-state index in [1.807, 2.05) is 17.4 Å². The smallest absolute Gasteiger partial charge is 0.180 e. The van der Waals surface area contributed by atoms with Crippen LogP contribution < -0.4 is 16.0 Å². The molecule has 2 unspecified atom stereocenters. The molecule has 1 aliphatic rings. The summed E-state index contributed by atoms with van der Waals surface area (Å²) < 4.78 is 7.79. The van der Waals surface area contributed by atoms with Crippen LogP contribution in [0.1, 0.15) is 6.92 Å². The molecule has 144 valence electrons. The number of imidazole rings is 1. The van der Waals surface area contributed by atoms with Gasteiger partial charge in [-0.2, -0.15) is 0 Å². The SMILES string of the molecule is CC1CN(c2ccnc(-c3cnc4cnc(Cl)cn34)n2)CC(/C(C=[NH2+])=C/N)O1. The van der Waals surface area contributed by atoms with Gasteiger partial charge in [-0.25, -0.2) is 19.9 Å². The maximum absolute atomic E-state index is 6.03. The molecule has 1 saturated heterocycles. The normalized spacial score (nSPS) is 20.5. The van der Waals surface area contributed by atoms with Gasteiger partial charge in [-0.3, -0.25) is 9.81 Å². The molecule has 3 aromatic heterocycles. The molecular formula is C18H20ClN8O+. The number of morpholine rings is 1. The predicted molar refractivity (Wildman–Crippen MR) is 106 cm³/mol. The van der Waals surface area contributed by atoms with Crippen molar-refractivity contribution in [2.45, 2.75) is 19.1 Å². The molecule has 1 aliphatic heterocycles. The Morgan fingerprint density at radius 3 is 2.96 bits per heavy atom. The van der Waals surface area contributed by atoms with Crippen molar-refractivity contribution in [2.75, 3.05) is 18.0 Å². The highest BCUT2D eigenvalue weighted by molar-refractivity contribution is 6.29. The van der Waals surface area contributed by atoms with Gasteiger partial charge in [-0.1, -0.05) is 11.6 Å². The fourth-order valence-electron chi connectivity index (χ4n) is 3.27. The fraction of sp³-hybridized carbons (Fsp3) is 0.278. The van der Waals surface area contributed by atoms with Gasteiger partial charge in [0.15, 0.2) is 17.7 Å². The monoisotopic (exact) mass is 399 g/mol. The molecule has 28 heavy (non-hydrogen) atoms. The van der Waals surface area contributed by atoms with Gasteiger partial charge < -0.3 is 15.4 Å². The first-order valence-corrected chi connectivity index (χ1v) is 9.16. The molecule has 0 aromatic carbocycles. The third-order valence-electron chi connectivity index (χ3n) is 4.58. The fourth-order valence-corrected chi connectivity index (χ4v) is 3.42. The van der Waals surface area contributed by atoms with E-state index < -0.39 is 0 Å². The molecule has 0 aliphatic carbocycles. The van der Waals surface area contributed by atoms with Gasteiger partial charge in [0, 0.05) is 25.1 Å². The van der Waals surface area contributed by atoms with Crippen molar-refractivity contribution in [2.24, 2.45) is 5.73 Å². The summed E-state index contributed by atoms with van der Waals surface area (Å²) in [5, 5.41) is 6.04. The van der Waals surface area contributed by atoms with Crippen LogP contribution in [0.3, 0.4) is 0 Å². The summed E-state index contributed by atoms with van der Waals surface area (Å²) >= 11 is 6.03. The van der Waals surface area contributed by atoms with Crippen LogP contribution in [0.4, 0.5) is 5.82 Å². The van der Waals surface area contributed by atoms with Crippen LogP contribution in [0.5, 0.6) is 0 Å². The molecule has 0 bridgehead atoms. The molecule has 4 N–H and O–H groups in total. The van der Waals surface area contributed by atoms with E-state index in [9.17, 15) is 0 Å². The number of anilines is 1. The number of ether oxygens (including phenoxy) is 1. The van der Waals surface area contributed by atoms with Crippen molar-refractivity contribution in [3.05, 3.63) is 47.8 Å². The summed E-state index contributed by atoms with van der Waals surface area (Å²) in [5.74, 6) is 1.33. The second-order valence-corrected chi connectivity index (χ2v) is 6.88. The van der Waals surface area contributed by atoms with Crippen LogP contribution in [0.15, 0.2) is 42.6 Å². The molecule has 0 spiro atoms. The highest BCUT2D eigenvalue weighted by atomic mass is 35.5. The molecule has 0 saturated carbocycles. The molecular weight excluding hydrogens is 380 g/mol. The van der Waals surface area contributed by atoms with E-state index in [1.54, 1.807) is 24.8 Å². The third-order valence-corrected chi connectivity index (χ3v) is 4.77. The molecule has 2 atom stereocenters. The maximum Gasteiger partial charge on any atom is 0.180 e. The molecule has 0 amide bonds. The minimum absolute atomic E-state index is 0.00672. The van der Waals surface area contributed by atoms with Crippen LogP contribution in [0.2, 0.25) is 5.15 Å². The highest BCUT2D eigenvalue weighted by Gasteiger charge is 2.29. The van der Waals surface area contributed by atoms with E-state index in [-0.39, 0.29) is 12.2 Å². The van der Waals surface area contributed by atoms with Crippen molar-refractivity contribution in [3.63, 3.8) is 0 Å². The zero-order valence-corrected chi connectivity index (χ0v) is 16.0. The first-order valence-electron chi connectivity index (χ1n) is 8.78. The topological polar surface area (TPSA) is 120 Å². The highest BCUT2D eigenvalue weighted by Crippen LogP contribution is 2.24. The van der Waals surface area contributed by atoms with E-state index in [4.69, 9.17) is 32.5 Å². The lowest BCUT2D eigenvalue weighted by atomic mass is 10.1. The van der Waals surface area contributed by atoms with Crippen molar-refractivity contribution < 1.29 is 10.1 Å². The van der Waals surface area contributed by atoms with Gasteiger partial charge in [0.1, 0.15) is 22.8 Å². The lowest BCUT2D eigenvalue weighted by Crippen LogP contribution is -2.49. The Hall–Kier alpha value is -3.04. The molecule has 1 fully saturated rings. The Bertz CT molecular complexity index is 1050. The van der Waals surface area contributed by atoms with Gasteiger partial charge in [0.05, 0.1) is 30.6 Å². The minimum atomic E-state index is -0.224. The van der Waals surface area contributed by atoms with Gasteiger partial charge in [-0.05, 0) is 13.0 Å². The standard InChI is InChI=1S/C18H19ClN8O/c1-11-8-26(9-14(28-11)12(4-20)5-21)16-2-3-22-18(25-16)13-6-24-17-7-23-15(19)10-27(13)17/h2-7,10-11,14,20H,8-9,21H2,1H3/p+1/b12-5+,20-4?. The summed E-state index contributed by atoms with van der Waals surface area (Å²) in [4.78, 5) is 19.7. The summed E-state index contributed by atoms with van der Waals surface area (Å²) in [5.41, 5.74) is 7.82. The van der Waals surface area contributed by atoms with Crippen LogP contribution in [0.25, 0.3) is 17.2 Å². The molecule has 9 nitrogen and oxygen atoms in total. The third kappa shape index (κ3) is 3.41. The van der Waals surface area contributed by atoms with Crippen molar-refractivity contribution in [1.82, 2.24) is 24.3 Å². The summed E-state index contributed by atoms with van der Waals surface area (Å²) in [6, 6.07) is 1.87. The van der Waals surface area contributed by atoms with Crippen LogP contribution >= 0.6 is 11.6 Å². The Kier molecular flexibility index (Phi) is 4.93. The average molecular weight is 400 g/mol. The molecule has 10 heteroatoms. The van der Waals surface area contributed by atoms with Gasteiger partial charge in [0.2, 0.25) is 0 Å². The second-order valence-electron chi connectivity index (χ2n) is 6.49. The molecule has 4 heterocycles. The number of nitrogens with two attached hydrogens (primary N) is 2. The van der Waals surface area contributed by atoms with E-state index >= 15 is 0 Å². The van der Waals surface area contributed by atoms with Crippen molar-refractivity contribution >= 4 is 29.3 Å². The lowest BCUT2D eigenvalue weighted by Gasteiger charge is -2.37. The molecule has 4 rings (SSSR count). The lowest BCUT2D eigenvalue weighted by molar-refractivity contribution is -0.106. The number of aromatic nitrogens is 5. The van der Waals surface area contributed by atoms with Crippen LogP contribution in [-0.2, 0) is 4.74 Å². The van der Waals surface area contributed by atoms with E-state index in [2.05, 4.69) is 19.9 Å². The maximum atomic E-state index is 6.03. The largest absolute Gasteiger partial charge is 0.404 e. The predicted octanol–water partition coefficient (Wildman–Crippen LogP) is 0.106. The second kappa shape index (κ2) is 7.53. The number of rotatable bonds is 4. The number of halogens is 1. The summed E-state index contributed by atoms with van der Waals surface area (Å²) in [6.45, 7) is 3.28. The first-order chi connectivity index (χ1) is 13.6. The van der Waals surface area contributed by atoms with Gasteiger partial charge in [-0.15, -0.1) is 0 Å². The summed E-state index contributed by atoms with van der Waals surface area (Å²) in [6.07, 6.45) is 9.45. The number of nitrogens with zero attached hydrogens (tertiary/aromatic N) is 6. The van der Waals surface area contributed by atoms with Crippen LogP contribution in [0, 0.1) is 0 Å². The van der Waals surface area contributed by atoms with Crippen molar-refractivity contribution in [1.29, 1.82) is 0 Å². The van der Waals surface area contributed by atoms with Crippen molar-refractivity contribution in [3.8, 4) is 11.5 Å². The van der Waals surface area contributed by atoms with E-state index in [0.29, 0.717) is 29.7 Å². The number of hydrogen-bond donors (Lipinski definition) is 2. The number of fused-ring (bicyclic) bond motifs is 1.